The lowest BCUT2D eigenvalue weighted by molar-refractivity contribution is 0.887. The van der Waals surface area contributed by atoms with Gasteiger partial charge in [0.05, 0.1) is 0 Å². The Morgan fingerprint density at radius 2 is 1.85 bits per heavy atom. The van der Waals surface area contributed by atoms with Gasteiger partial charge in [0.25, 0.3) is 0 Å². The van der Waals surface area contributed by atoms with Gasteiger partial charge in [0, 0.05) is 36.4 Å². The van der Waals surface area contributed by atoms with E-state index < -0.39 is 0 Å². The van der Waals surface area contributed by atoms with E-state index in [0.717, 1.165) is 24.3 Å². The lowest BCUT2D eigenvalue weighted by atomic mass is 10.1. The molecular weight excluding hydrogens is 367 g/mol. The lowest BCUT2D eigenvalue weighted by Crippen LogP contribution is -2.18. The molecule has 0 aliphatic carbocycles. The topological polar surface area (TPSA) is 41.1 Å². The maximum atomic E-state index is 6.20. The van der Waals surface area contributed by atoms with Gasteiger partial charge in [-0.2, -0.15) is 4.98 Å². The van der Waals surface area contributed by atoms with Gasteiger partial charge in [-0.1, -0.05) is 59.6 Å². The van der Waals surface area contributed by atoms with Crippen molar-refractivity contribution in [1.82, 2.24) is 9.97 Å². The Bertz CT molecular complexity index is 855. The van der Waals surface area contributed by atoms with Crippen LogP contribution in [-0.4, -0.2) is 23.6 Å². The summed E-state index contributed by atoms with van der Waals surface area (Å²) in [6, 6.07) is 17.8. The molecule has 6 heteroatoms. The van der Waals surface area contributed by atoms with Crippen LogP contribution in [0.3, 0.4) is 0 Å². The molecule has 1 aromatic heterocycles. The summed E-state index contributed by atoms with van der Waals surface area (Å²) in [5.74, 6) is 1.48. The predicted octanol–water partition coefficient (Wildman–Crippen LogP) is 5.07. The van der Waals surface area contributed by atoms with Crippen LogP contribution in [0.4, 0.5) is 11.8 Å². The normalized spacial score (nSPS) is 10.6. The fourth-order valence-corrected chi connectivity index (χ4v) is 3.12. The molecular formula is C20H20Cl2N4. The van der Waals surface area contributed by atoms with Crippen LogP contribution in [0.2, 0.25) is 10.0 Å². The number of nitrogens with zero attached hydrogens (tertiary/aromatic N) is 3. The third-order valence-corrected chi connectivity index (χ3v) is 4.57. The molecule has 0 radical (unpaired) electrons. The average Bonchev–Trinajstić information content (AvgIpc) is 2.64. The van der Waals surface area contributed by atoms with Crippen molar-refractivity contribution in [3.05, 3.63) is 82.0 Å². The summed E-state index contributed by atoms with van der Waals surface area (Å²) in [6.07, 6.45) is 2.53. The molecule has 3 rings (SSSR count). The van der Waals surface area contributed by atoms with Crippen molar-refractivity contribution in [1.29, 1.82) is 0 Å². The summed E-state index contributed by atoms with van der Waals surface area (Å²) in [4.78, 5) is 11.0. The van der Waals surface area contributed by atoms with Crippen LogP contribution in [0.1, 0.15) is 11.1 Å². The van der Waals surface area contributed by atoms with E-state index in [1.807, 2.05) is 43.4 Å². The van der Waals surface area contributed by atoms with Crippen molar-refractivity contribution in [3.8, 4) is 0 Å². The van der Waals surface area contributed by atoms with Gasteiger partial charge in [0.1, 0.15) is 5.82 Å². The first kappa shape index (κ1) is 18.5. The second-order valence-corrected chi connectivity index (χ2v) is 6.84. The van der Waals surface area contributed by atoms with Crippen molar-refractivity contribution in [2.24, 2.45) is 0 Å². The Morgan fingerprint density at radius 3 is 2.62 bits per heavy atom. The fraction of sp³-hybridized carbons (Fsp3) is 0.200. The van der Waals surface area contributed by atoms with E-state index in [9.17, 15) is 0 Å². The molecule has 134 valence electrons. The first-order chi connectivity index (χ1) is 12.6. The summed E-state index contributed by atoms with van der Waals surface area (Å²) < 4.78 is 0. The van der Waals surface area contributed by atoms with Crippen LogP contribution in [0.25, 0.3) is 0 Å². The zero-order chi connectivity index (χ0) is 18.4. The highest BCUT2D eigenvalue weighted by Gasteiger charge is 2.06. The number of aromatic nitrogens is 2. The number of anilines is 2. The van der Waals surface area contributed by atoms with Crippen molar-refractivity contribution in [2.75, 3.05) is 23.8 Å². The van der Waals surface area contributed by atoms with E-state index in [2.05, 4.69) is 32.3 Å². The fourth-order valence-electron chi connectivity index (χ4n) is 2.62. The first-order valence-electron chi connectivity index (χ1n) is 8.38. The van der Waals surface area contributed by atoms with E-state index in [0.29, 0.717) is 22.5 Å². The lowest BCUT2D eigenvalue weighted by Gasteiger charge is -2.18. The molecule has 0 aliphatic heterocycles. The highest BCUT2D eigenvalue weighted by Crippen LogP contribution is 2.21. The van der Waals surface area contributed by atoms with Crippen molar-refractivity contribution < 1.29 is 0 Å². The van der Waals surface area contributed by atoms with Gasteiger partial charge >= 0.3 is 0 Å². The Morgan fingerprint density at radius 1 is 1.04 bits per heavy atom. The Labute approximate surface area is 163 Å². The van der Waals surface area contributed by atoms with Crippen LogP contribution in [0.5, 0.6) is 0 Å². The minimum Gasteiger partial charge on any atom is -0.355 e. The summed E-state index contributed by atoms with van der Waals surface area (Å²) in [6.45, 7) is 1.48. The van der Waals surface area contributed by atoms with Gasteiger partial charge in [-0.25, -0.2) is 4.98 Å². The summed E-state index contributed by atoms with van der Waals surface area (Å²) in [5, 5.41) is 4.57. The minimum atomic E-state index is 0.604. The molecule has 0 amide bonds. The van der Waals surface area contributed by atoms with Gasteiger partial charge in [0.15, 0.2) is 0 Å². The van der Waals surface area contributed by atoms with Crippen molar-refractivity contribution in [3.63, 3.8) is 0 Å². The maximum Gasteiger partial charge on any atom is 0.224 e. The molecule has 0 spiro atoms. The second-order valence-electron chi connectivity index (χ2n) is 5.99. The summed E-state index contributed by atoms with van der Waals surface area (Å²) in [7, 11) is 2.02. The Balaban J connectivity index is 1.58. The molecule has 0 aliphatic rings. The van der Waals surface area contributed by atoms with Gasteiger partial charge in [-0.15, -0.1) is 0 Å². The molecule has 0 fully saturated rings. The van der Waals surface area contributed by atoms with Crippen LogP contribution in [0, 0.1) is 0 Å². The van der Waals surface area contributed by atoms with Gasteiger partial charge in [0.2, 0.25) is 5.95 Å². The number of hydrogen-bond acceptors (Lipinski definition) is 4. The van der Waals surface area contributed by atoms with E-state index in [-0.39, 0.29) is 0 Å². The molecule has 4 nitrogen and oxygen atoms in total. The number of halogens is 2. The molecule has 0 unspecified atom stereocenters. The molecule has 1 heterocycles. The van der Waals surface area contributed by atoms with Gasteiger partial charge in [-0.05, 0) is 35.7 Å². The SMILES string of the molecule is CN(Cc1ccccc1)c1ccnc(NCCc2ccc(Cl)cc2Cl)n1. The largest absolute Gasteiger partial charge is 0.355 e. The second kappa shape index (κ2) is 8.88. The Hall–Kier alpha value is -2.30. The molecule has 0 saturated carbocycles. The molecule has 26 heavy (non-hydrogen) atoms. The summed E-state index contributed by atoms with van der Waals surface area (Å²) >= 11 is 12.1. The van der Waals surface area contributed by atoms with Crippen LogP contribution in [-0.2, 0) is 13.0 Å². The van der Waals surface area contributed by atoms with Gasteiger partial charge in [-0.3, -0.25) is 0 Å². The number of benzene rings is 2. The zero-order valence-corrected chi connectivity index (χ0v) is 16.0. The molecule has 0 saturated heterocycles. The zero-order valence-electron chi connectivity index (χ0n) is 14.5. The number of rotatable bonds is 7. The average molecular weight is 387 g/mol. The number of hydrogen-bond donors (Lipinski definition) is 1. The smallest absolute Gasteiger partial charge is 0.224 e. The van der Waals surface area contributed by atoms with Crippen molar-refractivity contribution in [2.45, 2.75) is 13.0 Å². The minimum absolute atomic E-state index is 0.604. The molecule has 1 N–H and O–H groups in total. The first-order valence-corrected chi connectivity index (χ1v) is 9.13. The standard InChI is InChI=1S/C20H20Cl2N4/c1-26(14-15-5-3-2-4-6-15)19-10-12-24-20(25-19)23-11-9-16-7-8-17(21)13-18(16)22/h2-8,10,12-13H,9,11,14H2,1H3,(H,23,24,25). The highest BCUT2D eigenvalue weighted by atomic mass is 35.5. The van der Waals surface area contributed by atoms with Crippen LogP contribution < -0.4 is 10.2 Å². The third-order valence-electron chi connectivity index (χ3n) is 3.99. The van der Waals surface area contributed by atoms with E-state index in [1.165, 1.54) is 5.56 Å². The maximum absolute atomic E-state index is 6.20. The number of nitrogens with one attached hydrogen (secondary N) is 1. The molecule has 0 atom stereocenters. The third kappa shape index (κ3) is 5.10. The van der Waals surface area contributed by atoms with E-state index >= 15 is 0 Å². The Kier molecular flexibility index (Phi) is 6.31. The predicted molar refractivity (Wildman–Crippen MR) is 109 cm³/mol. The van der Waals surface area contributed by atoms with Crippen molar-refractivity contribution >= 4 is 35.0 Å². The van der Waals surface area contributed by atoms with E-state index in [1.54, 1.807) is 12.3 Å². The highest BCUT2D eigenvalue weighted by molar-refractivity contribution is 6.35. The molecule has 2 aromatic carbocycles. The molecule has 3 aromatic rings. The van der Waals surface area contributed by atoms with Gasteiger partial charge < -0.3 is 10.2 Å². The monoisotopic (exact) mass is 386 g/mol. The molecule has 0 bridgehead atoms. The van der Waals surface area contributed by atoms with Crippen LogP contribution >= 0.6 is 23.2 Å². The quantitative estimate of drug-likeness (QED) is 0.614. The van der Waals surface area contributed by atoms with E-state index in [4.69, 9.17) is 23.2 Å². The summed E-state index contributed by atoms with van der Waals surface area (Å²) in [5.41, 5.74) is 2.28. The van der Waals surface area contributed by atoms with Crippen LogP contribution in [0.15, 0.2) is 60.8 Å².